The third kappa shape index (κ3) is 1.75. The number of ether oxygens (including phenoxy) is 1. The van der Waals surface area contributed by atoms with Crippen molar-refractivity contribution in [3.05, 3.63) is 47.0 Å². The van der Waals surface area contributed by atoms with Gasteiger partial charge in [-0.25, -0.2) is 0 Å². The van der Waals surface area contributed by atoms with Crippen molar-refractivity contribution in [3.63, 3.8) is 0 Å². The fourth-order valence-corrected chi connectivity index (χ4v) is 3.02. The number of fused-ring (bicyclic) bond motifs is 3. The summed E-state index contributed by atoms with van der Waals surface area (Å²) < 4.78 is 5.07. The van der Waals surface area contributed by atoms with Gasteiger partial charge in [-0.1, -0.05) is 12.2 Å². The number of hydrogen-bond acceptors (Lipinski definition) is 4. The molecule has 2 atom stereocenters. The summed E-state index contributed by atoms with van der Waals surface area (Å²) in [6.45, 7) is 0. The van der Waals surface area contributed by atoms with Crippen molar-refractivity contribution >= 4 is 11.6 Å². The van der Waals surface area contributed by atoms with Crippen LogP contribution in [0.2, 0.25) is 0 Å². The summed E-state index contributed by atoms with van der Waals surface area (Å²) in [5, 5.41) is 10.00. The first-order chi connectivity index (χ1) is 9.11. The van der Waals surface area contributed by atoms with Crippen LogP contribution in [0, 0.1) is 11.8 Å². The van der Waals surface area contributed by atoms with Crippen molar-refractivity contribution in [1.82, 2.24) is 0 Å². The molecule has 0 bridgehead atoms. The molecular weight excluding hydrogens is 244 g/mol. The number of aliphatic hydroxyl groups is 1. The van der Waals surface area contributed by atoms with Crippen molar-refractivity contribution in [3.8, 4) is 0 Å². The third-order valence-corrected chi connectivity index (χ3v) is 3.98. The molecule has 4 nitrogen and oxygen atoms in total. The summed E-state index contributed by atoms with van der Waals surface area (Å²) >= 11 is 0. The molecular formula is C15H14O4. The van der Waals surface area contributed by atoms with E-state index in [2.05, 4.69) is 0 Å². The van der Waals surface area contributed by atoms with Gasteiger partial charge in [-0.15, -0.1) is 0 Å². The lowest BCUT2D eigenvalue weighted by Crippen LogP contribution is -2.31. The van der Waals surface area contributed by atoms with Gasteiger partial charge in [0, 0.05) is 17.9 Å². The van der Waals surface area contributed by atoms with Gasteiger partial charge in [0.2, 0.25) is 5.78 Å². The van der Waals surface area contributed by atoms with Gasteiger partial charge in [-0.3, -0.25) is 9.59 Å². The van der Waals surface area contributed by atoms with Gasteiger partial charge >= 0.3 is 0 Å². The van der Waals surface area contributed by atoms with Gasteiger partial charge in [0.15, 0.2) is 17.3 Å². The van der Waals surface area contributed by atoms with E-state index in [1.165, 1.54) is 13.2 Å². The molecule has 0 radical (unpaired) electrons. The molecule has 19 heavy (non-hydrogen) atoms. The second kappa shape index (κ2) is 4.23. The summed E-state index contributed by atoms with van der Waals surface area (Å²) in [4.78, 5) is 23.5. The van der Waals surface area contributed by atoms with Crippen molar-refractivity contribution in [1.29, 1.82) is 0 Å². The SMILES string of the molecule is COC1=CC2CC=C3C=CC(=O)C(O)=C3C2CC1=O. The van der Waals surface area contributed by atoms with Crippen molar-refractivity contribution in [2.45, 2.75) is 12.8 Å². The largest absolute Gasteiger partial charge is 0.504 e. The molecule has 1 N–H and O–H groups in total. The molecule has 0 aromatic heterocycles. The average Bonchev–Trinajstić information content (AvgIpc) is 2.41. The lowest BCUT2D eigenvalue weighted by molar-refractivity contribution is -0.120. The molecule has 98 valence electrons. The second-order valence-electron chi connectivity index (χ2n) is 4.99. The average molecular weight is 258 g/mol. The molecule has 0 heterocycles. The lowest BCUT2D eigenvalue weighted by atomic mass is 9.69. The van der Waals surface area contributed by atoms with Gasteiger partial charge in [0.25, 0.3) is 0 Å². The van der Waals surface area contributed by atoms with E-state index in [9.17, 15) is 14.7 Å². The Hall–Kier alpha value is -2.10. The summed E-state index contributed by atoms with van der Waals surface area (Å²) in [5.41, 5.74) is 1.48. The predicted octanol–water partition coefficient (Wildman–Crippen LogP) is 2.00. The zero-order valence-electron chi connectivity index (χ0n) is 10.6. The molecule has 0 saturated carbocycles. The molecule has 0 aromatic carbocycles. The maximum absolute atomic E-state index is 11.9. The van der Waals surface area contributed by atoms with Crippen LogP contribution < -0.4 is 0 Å². The first kappa shape index (κ1) is 12.0. The number of hydrogen-bond donors (Lipinski definition) is 1. The number of allylic oxidation sites excluding steroid dienone is 7. The highest BCUT2D eigenvalue weighted by Crippen LogP contribution is 2.44. The van der Waals surface area contributed by atoms with Crippen LogP contribution in [0.1, 0.15) is 12.8 Å². The highest BCUT2D eigenvalue weighted by Gasteiger charge is 2.39. The number of carbonyl (C=O) groups is 2. The maximum Gasteiger partial charge on any atom is 0.220 e. The van der Waals surface area contributed by atoms with E-state index in [4.69, 9.17) is 4.74 Å². The highest BCUT2D eigenvalue weighted by molar-refractivity contribution is 6.05. The van der Waals surface area contributed by atoms with Crippen LogP contribution in [0.3, 0.4) is 0 Å². The maximum atomic E-state index is 11.9. The van der Waals surface area contributed by atoms with E-state index < -0.39 is 0 Å². The van der Waals surface area contributed by atoms with Crippen LogP contribution in [0.4, 0.5) is 0 Å². The Morgan fingerprint density at radius 3 is 2.84 bits per heavy atom. The van der Waals surface area contributed by atoms with Crippen LogP contribution in [0.15, 0.2) is 47.0 Å². The number of carbonyl (C=O) groups excluding carboxylic acids is 2. The Balaban J connectivity index is 2.08. The molecule has 0 saturated heterocycles. The quantitative estimate of drug-likeness (QED) is 0.781. The molecule has 0 fully saturated rings. The van der Waals surface area contributed by atoms with E-state index in [1.807, 2.05) is 12.2 Å². The molecule has 0 spiro atoms. The summed E-state index contributed by atoms with van der Waals surface area (Å²) in [7, 11) is 1.48. The van der Waals surface area contributed by atoms with E-state index in [1.54, 1.807) is 6.08 Å². The minimum atomic E-state index is -0.387. The molecule has 3 aliphatic carbocycles. The standard InChI is InChI=1S/C15H14O4/c1-19-13-6-9-3-2-8-4-5-11(16)15(18)14(8)10(9)7-12(13)17/h2,4-6,9-10,18H,3,7H2,1H3. The topological polar surface area (TPSA) is 63.6 Å². The normalized spacial score (nSPS) is 29.5. The van der Waals surface area contributed by atoms with Crippen LogP contribution in [-0.2, 0) is 14.3 Å². The summed E-state index contributed by atoms with van der Waals surface area (Å²) in [5.74, 6) is -0.316. The zero-order valence-corrected chi connectivity index (χ0v) is 10.6. The smallest absolute Gasteiger partial charge is 0.220 e. The fourth-order valence-electron chi connectivity index (χ4n) is 3.02. The molecule has 0 aromatic rings. The Bertz CT molecular complexity index is 589. The Labute approximate surface area is 110 Å². The number of rotatable bonds is 1. The summed E-state index contributed by atoms with van der Waals surface area (Å²) in [6.07, 6.45) is 7.96. The van der Waals surface area contributed by atoms with E-state index in [0.717, 1.165) is 12.0 Å². The highest BCUT2D eigenvalue weighted by atomic mass is 16.5. The Morgan fingerprint density at radius 2 is 2.11 bits per heavy atom. The van der Waals surface area contributed by atoms with Crippen LogP contribution in [0.25, 0.3) is 0 Å². The van der Waals surface area contributed by atoms with Gasteiger partial charge < -0.3 is 9.84 Å². The molecule has 3 rings (SSSR count). The second-order valence-corrected chi connectivity index (χ2v) is 4.99. The van der Waals surface area contributed by atoms with Crippen molar-refractivity contribution in [2.75, 3.05) is 7.11 Å². The Kier molecular flexibility index (Phi) is 2.66. The number of Topliss-reactive ketones (excluding diaryl/α,β-unsaturated/α-hetero) is 1. The summed E-state index contributed by atoms with van der Waals surface area (Å²) in [6, 6.07) is 0. The Morgan fingerprint density at radius 1 is 1.32 bits per heavy atom. The van der Waals surface area contributed by atoms with E-state index in [-0.39, 0.29) is 35.6 Å². The zero-order chi connectivity index (χ0) is 13.6. The minimum absolute atomic E-state index is 0.0766. The number of aliphatic hydroxyl groups excluding tert-OH is 1. The molecule has 2 unspecified atom stereocenters. The van der Waals surface area contributed by atoms with Crippen molar-refractivity contribution < 1.29 is 19.4 Å². The van der Waals surface area contributed by atoms with Gasteiger partial charge in [0.1, 0.15) is 0 Å². The number of ketones is 2. The molecule has 4 heteroatoms. The predicted molar refractivity (Wildman–Crippen MR) is 68.2 cm³/mol. The van der Waals surface area contributed by atoms with Crippen LogP contribution in [-0.4, -0.2) is 23.8 Å². The molecule has 0 aliphatic heterocycles. The van der Waals surface area contributed by atoms with E-state index in [0.29, 0.717) is 11.3 Å². The van der Waals surface area contributed by atoms with Crippen molar-refractivity contribution in [2.24, 2.45) is 11.8 Å². The van der Waals surface area contributed by atoms with Crippen LogP contribution >= 0.6 is 0 Å². The molecule has 3 aliphatic rings. The lowest BCUT2D eigenvalue weighted by Gasteiger charge is -2.35. The van der Waals surface area contributed by atoms with E-state index >= 15 is 0 Å². The first-order valence-electron chi connectivity index (χ1n) is 6.27. The van der Waals surface area contributed by atoms with Gasteiger partial charge in [-0.05, 0) is 30.1 Å². The third-order valence-electron chi connectivity index (χ3n) is 3.98. The van der Waals surface area contributed by atoms with Crippen LogP contribution in [0.5, 0.6) is 0 Å². The fraction of sp³-hybridized carbons (Fsp3) is 0.333. The molecule has 0 amide bonds. The van der Waals surface area contributed by atoms with Gasteiger partial charge in [0.05, 0.1) is 7.11 Å². The van der Waals surface area contributed by atoms with Gasteiger partial charge in [-0.2, -0.15) is 0 Å². The monoisotopic (exact) mass is 258 g/mol. The minimum Gasteiger partial charge on any atom is -0.504 e. The first-order valence-corrected chi connectivity index (χ1v) is 6.27. The number of methoxy groups -OCH3 is 1.